The number of imidazole rings is 1. The van der Waals surface area contributed by atoms with E-state index >= 15 is 0 Å². The standard InChI is InChI=1S/C82H92F3N21O7/c1-47(2)92-62-34-64(66-19-18-57-31-51(36-86)37-91-106(57)66)88-40-60(62)77(109)94-54-13-11-50(12-14-54)44-101-29-30-102(65-8-6-7-58-59(65)39-87-42-70(58)103-26-24-75(108)97-80(103)112)46-72(101)71-45-99(56-17-20-67-69(33-56)98(5)81(113)105(67)68-21-22-74(107)96-79(68)111)27-28-100(71)43-49-9-15-55(16-10-49)95-78(110)61-41-89-73(35-63(61)93-48(3)4)104-25-23-52-32-53(82(83,84)85)38-90-76(52)104/h6-8,17-20,23,25,31-35,37-42,47-50,54-55,68,71-72,80,112H,9-16,21-22,24,26-30,43-46H2,1-5H3,(H,88,92)(H,89,93)(H,94,109)(H,95,110)(H,97,108)(H,96,107,111)/t49-,50-,54-,55-,68?,71?,72?,80?. The van der Waals surface area contributed by atoms with E-state index in [1.54, 1.807) is 62.4 Å². The number of nitrogens with one attached hydrogen (secondary N) is 6. The van der Waals surface area contributed by atoms with E-state index in [9.17, 15) is 52.3 Å². The number of anilines is 5. The molecule has 28 nitrogen and oxygen atoms in total. The number of nitrogens with zero attached hydrogens (tertiary/aromatic N) is 15. The molecule has 6 aliphatic rings. The average Bonchev–Trinajstić information content (AvgIpc) is 1.48. The molecule has 2 saturated carbocycles. The molecular weight excluding hydrogens is 1450 g/mol. The van der Waals surface area contributed by atoms with E-state index in [0.29, 0.717) is 113 Å². The van der Waals surface area contributed by atoms with Crippen LogP contribution in [0, 0.1) is 23.2 Å². The monoisotopic (exact) mass is 1540 g/mol. The van der Waals surface area contributed by atoms with Gasteiger partial charge in [-0.05, 0) is 158 Å². The number of alkyl halides is 3. The Morgan fingerprint density at radius 1 is 0.664 bits per heavy atom. The number of aryl methyl sites for hydroxylation is 1. The molecule has 7 N–H and O–H groups in total. The van der Waals surface area contributed by atoms with Gasteiger partial charge in [0.1, 0.15) is 23.6 Å². The molecule has 12 heterocycles. The van der Waals surface area contributed by atoms with Crippen LogP contribution >= 0.6 is 0 Å². The van der Waals surface area contributed by atoms with E-state index in [2.05, 4.69) is 78.7 Å². The number of imide groups is 1. The van der Waals surface area contributed by atoms with Crippen LogP contribution < -0.4 is 52.3 Å². The SMILES string of the molecule is CC(C)Nc1cc(-n2ccc3cc(C(F)(F)F)cnc32)ncc1C(=O)N[C@H]1CC[C@H](CN2CCN(c3ccc4c(c3)n(C)c(=O)n4C3CCC(=O)NC3=O)CC2C2CN(c3cccc4c(N5CCC(=O)NC5O)cncc34)CCN2C[C@H]2CC[C@H](NC(=O)c3cnc(-c4ccc5cc(C#N)cnn45)cc3NC(C)C)CC2)CC1. The number of pyridine rings is 4. The maximum Gasteiger partial charge on any atom is 0.417 e. The summed E-state index contributed by atoms with van der Waals surface area (Å²) in [7, 11) is 1.72. The lowest BCUT2D eigenvalue weighted by molar-refractivity contribution is -0.138. The van der Waals surface area contributed by atoms with Gasteiger partial charge < -0.3 is 46.4 Å². The molecule has 2 aliphatic carbocycles. The van der Waals surface area contributed by atoms with Crippen LogP contribution in [-0.4, -0.2) is 189 Å². The van der Waals surface area contributed by atoms with Crippen molar-refractivity contribution >= 4 is 96.3 Å². The lowest BCUT2D eigenvalue weighted by Gasteiger charge is -2.53. The van der Waals surface area contributed by atoms with Gasteiger partial charge in [-0.3, -0.25) is 62.8 Å². The summed E-state index contributed by atoms with van der Waals surface area (Å²) in [5.41, 5.74) is 7.49. The van der Waals surface area contributed by atoms with Gasteiger partial charge >= 0.3 is 11.9 Å². The second-order valence-electron chi connectivity index (χ2n) is 31.7. The summed E-state index contributed by atoms with van der Waals surface area (Å²) in [6, 6.07) is 24.9. The van der Waals surface area contributed by atoms with Crippen LogP contribution in [0.25, 0.3) is 55.6 Å². The molecule has 5 amide bonds. The largest absolute Gasteiger partial charge is 0.417 e. The van der Waals surface area contributed by atoms with Gasteiger partial charge in [0.05, 0.1) is 79.6 Å². The predicted octanol–water partition coefficient (Wildman–Crippen LogP) is 9.10. The Kier molecular flexibility index (Phi) is 20.9. The van der Waals surface area contributed by atoms with Crippen LogP contribution in [0.1, 0.15) is 136 Å². The molecular formula is C82H92F3N21O7. The van der Waals surface area contributed by atoms with Gasteiger partial charge in [0.2, 0.25) is 24.1 Å². The van der Waals surface area contributed by atoms with Crippen LogP contribution in [0.15, 0.2) is 127 Å². The molecule has 588 valence electrons. The minimum absolute atomic E-state index is 0.00654. The number of piperazine rings is 2. The van der Waals surface area contributed by atoms with Crippen LogP contribution in [-0.2, 0) is 27.6 Å². The van der Waals surface area contributed by atoms with Crippen molar-refractivity contribution in [3.63, 3.8) is 0 Å². The van der Waals surface area contributed by atoms with Crippen LogP contribution in [0.3, 0.4) is 0 Å². The van der Waals surface area contributed by atoms with Gasteiger partial charge in [0.15, 0.2) is 0 Å². The molecule has 4 unspecified atom stereocenters. The number of halogens is 3. The normalized spacial score (nSPS) is 22.3. The first-order valence-corrected chi connectivity index (χ1v) is 39.2. The first-order chi connectivity index (χ1) is 54.5. The van der Waals surface area contributed by atoms with Gasteiger partial charge in [-0.1, -0.05) is 12.1 Å². The highest BCUT2D eigenvalue weighted by molar-refractivity contribution is 6.03. The molecule has 0 bridgehead atoms. The summed E-state index contributed by atoms with van der Waals surface area (Å²) in [5.74, 6) is -0.642. The number of benzene rings is 2. The topological polar surface area (TPSA) is 318 Å². The summed E-state index contributed by atoms with van der Waals surface area (Å²) in [4.78, 5) is 112. The molecule has 0 spiro atoms. The Morgan fingerprint density at radius 3 is 2.00 bits per heavy atom. The highest BCUT2D eigenvalue weighted by Gasteiger charge is 2.43. The van der Waals surface area contributed by atoms with E-state index < -0.39 is 30.0 Å². The van der Waals surface area contributed by atoms with Crippen molar-refractivity contribution in [2.45, 2.75) is 153 Å². The van der Waals surface area contributed by atoms with Crippen molar-refractivity contribution in [2.75, 3.05) is 84.2 Å². The fraction of sp³-hybridized carbons (Fsp3) is 0.439. The summed E-state index contributed by atoms with van der Waals surface area (Å²) in [5, 5.41) is 46.1. The Balaban J connectivity index is 0.679. The lowest BCUT2D eigenvalue weighted by Crippen LogP contribution is -2.67. The van der Waals surface area contributed by atoms with Crippen molar-refractivity contribution < 1.29 is 42.3 Å². The summed E-state index contributed by atoms with van der Waals surface area (Å²) in [6.45, 7) is 13.9. The third-order valence-corrected chi connectivity index (χ3v) is 23.6. The maximum atomic E-state index is 14.5. The van der Waals surface area contributed by atoms with E-state index in [0.717, 1.165) is 117 Å². The van der Waals surface area contributed by atoms with Crippen LogP contribution in [0.4, 0.5) is 41.6 Å². The third kappa shape index (κ3) is 15.4. The summed E-state index contributed by atoms with van der Waals surface area (Å²) < 4.78 is 47.4. The zero-order valence-electron chi connectivity index (χ0n) is 63.7. The van der Waals surface area contributed by atoms with Gasteiger partial charge in [0, 0.05) is 180 Å². The Labute approximate surface area is 649 Å². The molecule has 4 saturated heterocycles. The molecule has 4 aliphatic heterocycles. The zero-order valence-corrected chi connectivity index (χ0v) is 63.7. The number of aliphatic hydroxyl groups excluding tert-OH is 1. The quantitative estimate of drug-likeness (QED) is 0.0371. The summed E-state index contributed by atoms with van der Waals surface area (Å²) >= 11 is 0. The third-order valence-electron chi connectivity index (χ3n) is 23.6. The molecule has 0 radical (unpaired) electrons. The Morgan fingerprint density at radius 2 is 1.34 bits per heavy atom. The Hall–Kier alpha value is -11.5. The first-order valence-electron chi connectivity index (χ1n) is 39.2. The fourth-order valence-electron chi connectivity index (χ4n) is 17.8. The second kappa shape index (κ2) is 31.2. The highest BCUT2D eigenvalue weighted by Crippen LogP contribution is 2.40. The minimum atomic E-state index is -4.56. The van der Waals surface area contributed by atoms with Crippen molar-refractivity contribution in [1.82, 2.24) is 74.3 Å². The number of rotatable bonds is 19. The van der Waals surface area contributed by atoms with Crippen LogP contribution in [0.2, 0.25) is 0 Å². The van der Waals surface area contributed by atoms with Crippen molar-refractivity contribution in [3.05, 3.63) is 155 Å². The van der Waals surface area contributed by atoms with Gasteiger partial charge in [-0.25, -0.2) is 19.3 Å². The number of carbonyl (C=O) groups excluding carboxylic acids is 5. The zero-order chi connectivity index (χ0) is 78.7. The molecule has 16 rings (SSSR count). The molecule has 2 aromatic carbocycles. The van der Waals surface area contributed by atoms with E-state index in [1.807, 2.05) is 82.4 Å². The summed E-state index contributed by atoms with van der Waals surface area (Å²) in [6.07, 6.45) is 11.9. The molecule has 6 fully saturated rings. The smallest absolute Gasteiger partial charge is 0.382 e. The number of hydrogen-bond donors (Lipinski definition) is 7. The molecule has 10 aromatic rings. The first kappa shape index (κ1) is 75.5. The predicted molar refractivity (Wildman–Crippen MR) is 423 cm³/mol. The lowest BCUT2D eigenvalue weighted by atomic mass is 9.84. The molecule has 8 aromatic heterocycles. The minimum Gasteiger partial charge on any atom is -0.382 e. The average molecular weight is 1540 g/mol. The highest BCUT2D eigenvalue weighted by atomic mass is 19.4. The van der Waals surface area contributed by atoms with Gasteiger partial charge in [-0.15, -0.1) is 0 Å². The number of carbonyl (C=O) groups is 5. The van der Waals surface area contributed by atoms with Gasteiger partial charge in [0.25, 0.3) is 11.8 Å². The molecule has 113 heavy (non-hydrogen) atoms. The van der Waals surface area contributed by atoms with Gasteiger partial charge in [-0.2, -0.15) is 23.5 Å². The number of fused-ring (bicyclic) bond motifs is 4. The number of nitriles is 1. The van der Waals surface area contributed by atoms with Crippen molar-refractivity contribution in [3.8, 4) is 23.3 Å². The number of aliphatic hydroxyl groups is 1. The molecule has 4 atom stereocenters. The maximum absolute atomic E-state index is 14.5. The van der Waals surface area contributed by atoms with E-state index in [4.69, 9.17) is 9.97 Å². The number of hydrogen-bond acceptors (Lipinski definition) is 20. The fourth-order valence-corrected chi connectivity index (χ4v) is 17.8. The Bertz CT molecular complexity index is 5440. The number of amides is 5. The van der Waals surface area contributed by atoms with E-state index in [-0.39, 0.29) is 90.7 Å². The van der Waals surface area contributed by atoms with Crippen LogP contribution in [0.5, 0.6) is 0 Å². The number of piperidine rings is 1. The number of aromatic nitrogens is 9. The van der Waals surface area contributed by atoms with Crippen molar-refractivity contribution in [2.24, 2.45) is 18.9 Å². The van der Waals surface area contributed by atoms with Crippen molar-refractivity contribution in [1.29, 1.82) is 5.26 Å². The van der Waals surface area contributed by atoms with E-state index in [1.165, 1.54) is 17.0 Å². The second-order valence-corrected chi connectivity index (χ2v) is 31.7. The molecule has 31 heteroatoms.